The van der Waals surface area contributed by atoms with E-state index in [0.717, 1.165) is 11.6 Å². The first-order valence-corrected chi connectivity index (χ1v) is 10.7. The van der Waals surface area contributed by atoms with Crippen LogP contribution in [0.4, 0.5) is 14.5 Å². The van der Waals surface area contributed by atoms with Gasteiger partial charge in [0.1, 0.15) is 11.6 Å². The highest BCUT2D eigenvalue weighted by Crippen LogP contribution is 2.31. The number of aromatic nitrogens is 4. The molecule has 1 atom stereocenters. The predicted molar refractivity (Wildman–Crippen MR) is 120 cm³/mol. The van der Waals surface area contributed by atoms with Crippen molar-refractivity contribution in [3.8, 4) is 17.1 Å². The molecule has 32 heavy (non-hydrogen) atoms. The van der Waals surface area contributed by atoms with Crippen LogP contribution in [0.3, 0.4) is 0 Å². The summed E-state index contributed by atoms with van der Waals surface area (Å²) in [5.41, 5.74) is 1.71. The zero-order valence-corrected chi connectivity index (χ0v) is 18.2. The Hall–Kier alpha value is -3.30. The molecule has 0 bridgehead atoms. The van der Waals surface area contributed by atoms with Crippen LogP contribution in [-0.2, 0) is 4.79 Å². The summed E-state index contributed by atoms with van der Waals surface area (Å²) in [6.07, 6.45) is 3.27. The fourth-order valence-corrected chi connectivity index (χ4v) is 3.98. The van der Waals surface area contributed by atoms with Crippen LogP contribution in [-0.4, -0.2) is 30.9 Å². The van der Waals surface area contributed by atoms with Crippen molar-refractivity contribution in [2.75, 3.05) is 5.32 Å². The van der Waals surface area contributed by atoms with Gasteiger partial charge in [0.25, 0.3) is 0 Å². The van der Waals surface area contributed by atoms with Gasteiger partial charge in [-0.05, 0) is 61.5 Å². The van der Waals surface area contributed by atoms with E-state index >= 15 is 0 Å². The van der Waals surface area contributed by atoms with E-state index in [1.165, 1.54) is 36.0 Å². The van der Waals surface area contributed by atoms with Gasteiger partial charge in [0.05, 0.1) is 16.0 Å². The smallest absolute Gasteiger partial charge is 0.237 e. The van der Waals surface area contributed by atoms with Crippen molar-refractivity contribution in [3.05, 3.63) is 83.6 Å². The third-order valence-corrected chi connectivity index (χ3v) is 5.85. The number of amides is 1. The van der Waals surface area contributed by atoms with Crippen molar-refractivity contribution in [1.82, 2.24) is 19.7 Å². The Bertz CT molecular complexity index is 1250. The number of anilines is 1. The van der Waals surface area contributed by atoms with E-state index < -0.39 is 11.1 Å². The van der Waals surface area contributed by atoms with Crippen molar-refractivity contribution in [1.29, 1.82) is 0 Å². The SMILES string of the molecule is CC(Sc1nnc(-c2ccncc2)n1-c1ccc(F)cc1)C(=O)Nc1ccc(F)cc1Cl. The number of carbonyl (C=O) groups excluding carboxylic acids is 1. The van der Waals surface area contributed by atoms with E-state index in [1.54, 1.807) is 48.1 Å². The van der Waals surface area contributed by atoms with Crippen molar-refractivity contribution >= 4 is 35.0 Å². The molecule has 2 aromatic carbocycles. The quantitative estimate of drug-likeness (QED) is 0.382. The molecule has 2 heterocycles. The summed E-state index contributed by atoms with van der Waals surface area (Å²) in [7, 11) is 0. The second-order valence-corrected chi connectivity index (χ2v) is 8.44. The third kappa shape index (κ3) is 4.79. The number of carbonyl (C=O) groups is 1. The zero-order valence-electron chi connectivity index (χ0n) is 16.7. The molecule has 6 nitrogen and oxygen atoms in total. The van der Waals surface area contributed by atoms with E-state index in [1.807, 2.05) is 0 Å². The fraction of sp³-hybridized carbons (Fsp3) is 0.0909. The van der Waals surface area contributed by atoms with Crippen molar-refractivity contribution in [2.45, 2.75) is 17.3 Å². The normalized spacial score (nSPS) is 11.9. The minimum absolute atomic E-state index is 0.102. The number of halogens is 3. The van der Waals surface area contributed by atoms with Gasteiger partial charge in [0, 0.05) is 23.6 Å². The highest BCUT2D eigenvalue weighted by molar-refractivity contribution is 8.00. The molecule has 1 amide bonds. The van der Waals surface area contributed by atoms with Crippen LogP contribution in [0.15, 0.2) is 72.1 Å². The van der Waals surface area contributed by atoms with Crippen molar-refractivity contribution in [3.63, 3.8) is 0 Å². The van der Waals surface area contributed by atoms with E-state index in [0.29, 0.717) is 22.4 Å². The highest BCUT2D eigenvalue weighted by atomic mass is 35.5. The second-order valence-electron chi connectivity index (χ2n) is 6.73. The van der Waals surface area contributed by atoms with Gasteiger partial charge < -0.3 is 5.32 Å². The third-order valence-electron chi connectivity index (χ3n) is 4.50. The Labute approximate surface area is 191 Å². The molecule has 162 valence electrons. The van der Waals surface area contributed by atoms with Crippen LogP contribution < -0.4 is 5.32 Å². The minimum atomic E-state index is -0.593. The van der Waals surface area contributed by atoms with Gasteiger partial charge in [-0.1, -0.05) is 23.4 Å². The zero-order chi connectivity index (χ0) is 22.7. The standard InChI is InChI=1S/C22H16ClF2N5OS/c1-13(21(31)27-19-7-4-16(25)12-18(19)23)32-22-29-28-20(14-8-10-26-11-9-14)30(22)17-5-2-15(24)3-6-17/h2-13H,1H3,(H,27,31). The molecule has 4 aromatic rings. The van der Waals surface area contributed by atoms with Crippen LogP contribution in [0, 0.1) is 11.6 Å². The van der Waals surface area contributed by atoms with Crippen molar-refractivity contribution < 1.29 is 13.6 Å². The summed E-state index contributed by atoms with van der Waals surface area (Å²) in [6.45, 7) is 1.70. The van der Waals surface area contributed by atoms with E-state index in [9.17, 15) is 13.6 Å². The van der Waals surface area contributed by atoms with Crippen LogP contribution in [0.25, 0.3) is 17.1 Å². The van der Waals surface area contributed by atoms with Gasteiger partial charge in [-0.25, -0.2) is 8.78 Å². The molecule has 0 aliphatic rings. The largest absolute Gasteiger partial charge is 0.324 e. The van der Waals surface area contributed by atoms with Crippen LogP contribution in [0.1, 0.15) is 6.92 Å². The topological polar surface area (TPSA) is 72.7 Å². The Morgan fingerprint density at radius 3 is 2.41 bits per heavy atom. The molecule has 0 saturated carbocycles. The lowest BCUT2D eigenvalue weighted by Gasteiger charge is -2.14. The Morgan fingerprint density at radius 1 is 1.03 bits per heavy atom. The number of rotatable bonds is 6. The maximum atomic E-state index is 13.5. The Balaban J connectivity index is 1.63. The molecule has 0 saturated heterocycles. The maximum absolute atomic E-state index is 13.5. The van der Waals surface area contributed by atoms with Crippen LogP contribution >= 0.6 is 23.4 Å². The lowest BCUT2D eigenvalue weighted by molar-refractivity contribution is -0.115. The van der Waals surface area contributed by atoms with Gasteiger partial charge in [0.15, 0.2) is 11.0 Å². The van der Waals surface area contributed by atoms with Crippen molar-refractivity contribution in [2.24, 2.45) is 0 Å². The van der Waals surface area contributed by atoms with Crippen LogP contribution in [0.2, 0.25) is 5.02 Å². The summed E-state index contributed by atoms with van der Waals surface area (Å²) in [4.78, 5) is 16.7. The van der Waals surface area contributed by atoms with Crippen LogP contribution in [0.5, 0.6) is 0 Å². The van der Waals surface area contributed by atoms with Gasteiger partial charge in [-0.3, -0.25) is 14.3 Å². The Kier molecular flexibility index (Phi) is 6.48. The number of pyridine rings is 1. The number of nitrogens with one attached hydrogen (secondary N) is 1. The molecule has 1 N–H and O–H groups in total. The molecule has 1 unspecified atom stereocenters. The number of hydrogen-bond acceptors (Lipinski definition) is 5. The minimum Gasteiger partial charge on any atom is -0.324 e. The first-order chi connectivity index (χ1) is 15.4. The summed E-state index contributed by atoms with van der Waals surface area (Å²) >= 11 is 7.18. The molecular weight excluding hydrogens is 456 g/mol. The number of nitrogens with zero attached hydrogens (tertiary/aromatic N) is 4. The number of benzene rings is 2. The molecule has 2 aromatic heterocycles. The van der Waals surface area contributed by atoms with E-state index in [-0.39, 0.29) is 16.7 Å². The first-order valence-electron chi connectivity index (χ1n) is 9.46. The lowest BCUT2D eigenvalue weighted by atomic mass is 10.2. The molecule has 0 spiro atoms. The summed E-state index contributed by atoms with van der Waals surface area (Å²) in [6, 6.07) is 13.2. The molecule has 0 aliphatic heterocycles. The van der Waals surface area contributed by atoms with Gasteiger partial charge in [-0.2, -0.15) is 0 Å². The fourth-order valence-electron chi connectivity index (χ4n) is 2.89. The van der Waals surface area contributed by atoms with Gasteiger partial charge >= 0.3 is 0 Å². The van der Waals surface area contributed by atoms with Gasteiger partial charge in [-0.15, -0.1) is 10.2 Å². The number of hydrogen-bond donors (Lipinski definition) is 1. The number of thioether (sulfide) groups is 1. The predicted octanol–water partition coefficient (Wildman–Crippen LogP) is 5.38. The second kappa shape index (κ2) is 9.46. The molecule has 0 radical (unpaired) electrons. The summed E-state index contributed by atoms with van der Waals surface area (Å²) in [5, 5.41) is 11.2. The van der Waals surface area contributed by atoms with E-state index in [2.05, 4.69) is 20.5 Å². The highest BCUT2D eigenvalue weighted by Gasteiger charge is 2.22. The maximum Gasteiger partial charge on any atom is 0.237 e. The first kappa shape index (κ1) is 21.9. The molecule has 10 heteroatoms. The Morgan fingerprint density at radius 2 is 1.72 bits per heavy atom. The molecule has 4 rings (SSSR count). The summed E-state index contributed by atoms with van der Waals surface area (Å²) in [5.74, 6) is -0.685. The van der Waals surface area contributed by atoms with Gasteiger partial charge in [0.2, 0.25) is 5.91 Å². The van der Waals surface area contributed by atoms with E-state index in [4.69, 9.17) is 11.6 Å². The average molecular weight is 472 g/mol. The monoisotopic (exact) mass is 471 g/mol. The average Bonchev–Trinajstić information content (AvgIpc) is 3.20. The molecule has 0 fully saturated rings. The molecule has 0 aliphatic carbocycles. The molecular formula is C22H16ClF2N5OS. The lowest BCUT2D eigenvalue weighted by Crippen LogP contribution is -2.23. The summed E-state index contributed by atoms with van der Waals surface area (Å²) < 4.78 is 28.5.